The first kappa shape index (κ1) is 13.9. The van der Waals surface area contributed by atoms with E-state index in [1.807, 2.05) is 4.90 Å². The summed E-state index contributed by atoms with van der Waals surface area (Å²) in [6, 6.07) is 0. The molecule has 0 radical (unpaired) electrons. The summed E-state index contributed by atoms with van der Waals surface area (Å²) in [5.41, 5.74) is 0. The molecule has 1 saturated heterocycles. The Kier molecular flexibility index (Phi) is 6.31. The van der Waals surface area contributed by atoms with Crippen LogP contribution in [-0.4, -0.2) is 55.7 Å². The summed E-state index contributed by atoms with van der Waals surface area (Å²) in [5, 5.41) is 0.960. The maximum absolute atomic E-state index is 11.8. The Morgan fingerprint density at radius 3 is 2.25 bits per heavy atom. The molecular weight excluding hydrogens is 274 g/mol. The number of methoxy groups -OCH3 is 2. The molecule has 0 N–H and O–H groups in total. The van der Waals surface area contributed by atoms with Crippen molar-refractivity contribution in [1.29, 1.82) is 0 Å². The largest absolute Gasteiger partial charge is 0.377 e. The molecule has 0 saturated carbocycles. The number of halogens is 1. The van der Waals surface area contributed by atoms with Crippen LogP contribution in [0.25, 0.3) is 0 Å². The lowest BCUT2D eigenvalue weighted by atomic mass is 10.2. The summed E-state index contributed by atoms with van der Waals surface area (Å²) in [7, 11) is 3.32. The van der Waals surface area contributed by atoms with Crippen molar-refractivity contribution >= 4 is 21.8 Å². The topological polar surface area (TPSA) is 38.8 Å². The van der Waals surface area contributed by atoms with Gasteiger partial charge in [0, 0.05) is 39.1 Å². The molecule has 5 heteroatoms. The molecule has 1 aliphatic rings. The van der Waals surface area contributed by atoms with Crippen LogP contribution in [0.1, 0.15) is 19.3 Å². The highest BCUT2D eigenvalue weighted by atomic mass is 79.9. The first-order chi connectivity index (χ1) is 7.72. The van der Waals surface area contributed by atoms with Crippen LogP contribution in [0.2, 0.25) is 0 Å². The van der Waals surface area contributed by atoms with E-state index in [9.17, 15) is 4.79 Å². The van der Waals surface area contributed by atoms with E-state index < -0.39 is 0 Å². The Morgan fingerprint density at radius 2 is 1.81 bits per heavy atom. The Hall–Kier alpha value is -0.130. The fourth-order valence-electron chi connectivity index (χ4n) is 1.93. The van der Waals surface area contributed by atoms with Gasteiger partial charge in [-0.15, -0.1) is 0 Å². The van der Waals surface area contributed by atoms with Gasteiger partial charge in [0.2, 0.25) is 5.91 Å². The third kappa shape index (κ3) is 3.71. The van der Waals surface area contributed by atoms with Crippen LogP contribution in [0.15, 0.2) is 0 Å². The maximum atomic E-state index is 11.8. The lowest BCUT2D eigenvalue weighted by molar-refractivity contribution is -0.130. The van der Waals surface area contributed by atoms with Gasteiger partial charge in [-0.1, -0.05) is 15.9 Å². The number of ether oxygens (including phenoxy) is 2. The fourth-order valence-corrected chi connectivity index (χ4v) is 2.33. The van der Waals surface area contributed by atoms with Gasteiger partial charge in [0.15, 0.2) is 0 Å². The molecule has 1 amide bonds. The summed E-state index contributed by atoms with van der Waals surface area (Å²) in [5.74, 6) is 0.211. The van der Waals surface area contributed by atoms with Gasteiger partial charge in [0.05, 0.1) is 0 Å². The van der Waals surface area contributed by atoms with Gasteiger partial charge in [0.25, 0.3) is 0 Å². The first-order valence-corrected chi connectivity index (χ1v) is 6.74. The van der Waals surface area contributed by atoms with Crippen molar-refractivity contribution in [2.45, 2.75) is 31.5 Å². The van der Waals surface area contributed by atoms with Crippen molar-refractivity contribution in [2.75, 3.05) is 32.6 Å². The summed E-state index contributed by atoms with van der Waals surface area (Å²) < 4.78 is 10.6. The second kappa shape index (κ2) is 7.25. The zero-order chi connectivity index (χ0) is 12.0. The number of likely N-dealkylation sites (tertiary alicyclic amines) is 1. The summed E-state index contributed by atoms with van der Waals surface area (Å²) in [6.07, 6.45) is 2.64. The Labute approximate surface area is 105 Å². The number of unbranched alkanes of at least 4 members (excludes halogenated alkanes) is 1. The smallest absolute Gasteiger partial charge is 0.222 e. The highest BCUT2D eigenvalue weighted by molar-refractivity contribution is 9.09. The number of carbonyl (C=O) groups is 1. The second-order valence-electron chi connectivity index (χ2n) is 3.99. The second-order valence-corrected chi connectivity index (χ2v) is 4.79. The quantitative estimate of drug-likeness (QED) is 0.549. The predicted molar refractivity (Wildman–Crippen MR) is 65.8 cm³/mol. The molecule has 16 heavy (non-hydrogen) atoms. The number of alkyl halides is 1. The van der Waals surface area contributed by atoms with Crippen LogP contribution in [0.3, 0.4) is 0 Å². The average Bonchev–Trinajstić information content (AvgIpc) is 2.72. The molecule has 1 heterocycles. The normalized spacial score (nSPS) is 25.1. The van der Waals surface area contributed by atoms with Crippen LogP contribution in [0.4, 0.5) is 0 Å². The van der Waals surface area contributed by atoms with E-state index in [0.29, 0.717) is 19.5 Å². The van der Waals surface area contributed by atoms with Gasteiger partial charge in [-0.2, -0.15) is 0 Å². The summed E-state index contributed by atoms with van der Waals surface area (Å²) in [4.78, 5) is 13.7. The molecule has 0 aromatic carbocycles. The van der Waals surface area contributed by atoms with E-state index in [0.717, 1.165) is 18.2 Å². The van der Waals surface area contributed by atoms with Gasteiger partial charge in [-0.25, -0.2) is 0 Å². The Bertz CT molecular complexity index is 213. The zero-order valence-corrected chi connectivity index (χ0v) is 11.5. The molecule has 2 unspecified atom stereocenters. The molecule has 0 aromatic rings. The predicted octanol–water partition coefficient (Wildman–Crippen LogP) is 1.42. The molecule has 94 valence electrons. The molecule has 0 bridgehead atoms. The van der Waals surface area contributed by atoms with Gasteiger partial charge in [-0.05, 0) is 12.8 Å². The van der Waals surface area contributed by atoms with Crippen molar-refractivity contribution in [3.63, 3.8) is 0 Å². The van der Waals surface area contributed by atoms with Crippen molar-refractivity contribution in [3.05, 3.63) is 0 Å². The molecule has 4 nitrogen and oxygen atoms in total. The van der Waals surface area contributed by atoms with Crippen molar-refractivity contribution in [3.8, 4) is 0 Å². The third-order valence-electron chi connectivity index (χ3n) is 2.95. The van der Waals surface area contributed by atoms with E-state index >= 15 is 0 Å². The van der Waals surface area contributed by atoms with E-state index in [2.05, 4.69) is 15.9 Å². The molecule has 0 aromatic heterocycles. The van der Waals surface area contributed by atoms with E-state index in [1.165, 1.54) is 0 Å². The van der Waals surface area contributed by atoms with Gasteiger partial charge in [0.1, 0.15) is 12.2 Å². The minimum absolute atomic E-state index is 0.0186. The maximum Gasteiger partial charge on any atom is 0.222 e. The van der Waals surface area contributed by atoms with E-state index in [-0.39, 0.29) is 18.1 Å². The first-order valence-electron chi connectivity index (χ1n) is 5.62. The van der Waals surface area contributed by atoms with E-state index in [1.54, 1.807) is 14.2 Å². The van der Waals surface area contributed by atoms with Crippen LogP contribution in [-0.2, 0) is 14.3 Å². The number of rotatable bonds is 6. The number of nitrogens with zero attached hydrogens (tertiary/aromatic N) is 1. The number of hydrogen-bond acceptors (Lipinski definition) is 3. The van der Waals surface area contributed by atoms with Gasteiger partial charge < -0.3 is 14.4 Å². The SMILES string of the molecule is COC1CN(C(=O)CCCCBr)CC1OC. The van der Waals surface area contributed by atoms with E-state index in [4.69, 9.17) is 9.47 Å². The average molecular weight is 294 g/mol. The highest BCUT2D eigenvalue weighted by Crippen LogP contribution is 2.17. The Morgan fingerprint density at radius 1 is 1.25 bits per heavy atom. The number of carbonyl (C=O) groups excluding carboxylic acids is 1. The lowest BCUT2D eigenvalue weighted by Crippen LogP contribution is -2.29. The molecule has 0 aliphatic carbocycles. The minimum atomic E-state index is 0.0186. The molecule has 1 rings (SSSR count). The van der Waals surface area contributed by atoms with Crippen molar-refractivity contribution < 1.29 is 14.3 Å². The summed E-state index contributed by atoms with van der Waals surface area (Å²) >= 11 is 3.36. The number of hydrogen-bond donors (Lipinski definition) is 0. The number of amides is 1. The fraction of sp³-hybridized carbons (Fsp3) is 0.909. The monoisotopic (exact) mass is 293 g/mol. The molecule has 2 atom stereocenters. The molecule has 1 fully saturated rings. The minimum Gasteiger partial charge on any atom is -0.377 e. The van der Waals surface area contributed by atoms with Gasteiger partial charge >= 0.3 is 0 Å². The molecule has 1 aliphatic heterocycles. The zero-order valence-electron chi connectivity index (χ0n) is 9.95. The molecule has 0 spiro atoms. The van der Waals surface area contributed by atoms with Crippen LogP contribution in [0, 0.1) is 0 Å². The van der Waals surface area contributed by atoms with Crippen LogP contribution < -0.4 is 0 Å². The van der Waals surface area contributed by atoms with Gasteiger partial charge in [-0.3, -0.25) is 4.79 Å². The van der Waals surface area contributed by atoms with Crippen molar-refractivity contribution in [1.82, 2.24) is 4.90 Å². The van der Waals surface area contributed by atoms with Crippen molar-refractivity contribution in [2.24, 2.45) is 0 Å². The Balaban J connectivity index is 2.35. The highest BCUT2D eigenvalue weighted by Gasteiger charge is 2.34. The third-order valence-corrected chi connectivity index (χ3v) is 3.51. The standard InChI is InChI=1S/C11H20BrNO3/c1-15-9-7-13(8-10(9)16-2)11(14)5-3-4-6-12/h9-10H,3-8H2,1-2H3. The van der Waals surface area contributed by atoms with Crippen LogP contribution in [0.5, 0.6) is 0 Å². The summed E-state index contributed by atoms with van der Waals surface area (Å²) in [6.45, 7) is 1.31. The lowest BCUT2D eigenvalue weighted by Gasteiger charge is -2.15. The molecular formula is C11H20BrNO3. The van der Waals surface area contributed by atoms with Crippen LogP contribution >= 0.6 is 15.9 Å².